The lowest BCUT2D eigenvalue weighted by atomic mass is 10.0. The van der Waals surface area contributed by atoms with Gasteiger partial charge in [-0.3, -0.25) is 14.4 Å². The van der Waals surface area contributed by atoms with Crippen molar-refractivity contribution < 1.29 is 23.5 Å². The summed E-state index contributed by atoms with van der Waals surface area (Å²) < 4.78 is 19.4. The van der Waals surface area contributed by atoms with E-state index in [9.17, 15) is 18.8 Å². The van der Waals surface area contributed by atoms with Crippen LogP contribution < -0.4 is 10.6 Å². The molecule has 0 fully saturated rings. The lowest BCUT2D eigenvalue weighted by molar-refractivity contribution is -0.139. The molecular weight excluding hydrogens is 415 g/mol. The predicted octanol–water partition coefficient (Wildman–Crippen LogP) is 3.29. The van der Waals surface area contributed by atoms with Crippen LogP contribution in [-0.4, -0.2) is 41.2 Å². The van der Waals surface area contributed by atoms with E-state index in [2.05, 4.69) is 20.5 Å². The number of ether oxygens (including phenoxy) is 1. The van der Waals surface area contributed by atoms with Crippen molar-refractivity contribution in [1.29, 1.82) is 0 Å². The van der Waals surface area contributed by atoms with Crippen molar-refractivity contribution >= 4 is 23.5 Å². The van der Waals surface area contributed by atoms with Crippen LogP contribution in [0.5, 0.6) is 0 Å². The van der Waals surface area contributed by atoms with Gasteiger partial charge in [0.2, 0.25) is 0 Å². The number of esters is 1. The SMILES string of the molecule is COC(=O)CNC(=O)c1cccc(NC(=O)c2cnn(-c3ccc(F)cc3)c2C(C)C)c1. The number of amides is 2. The highest BCUT2D eigenvalue weighted by Gasteiger charge is 2.21. The summed E-state index contributed by atoms with van der Waals surface area (Å²) in [5.41, 5.74) is 2.35. The van der Waals surface area contributed by atoms with Gasteiger partial charge in [0.15, 0.2) is 0 Å². The molecule has 2 N–H and O–H groups in total. The molecule has 0 unspecified atom stereocenters. The number of anilines is 1. The van der Waals surface area contributed by atoms with Crippen LogP contribution in [0.15, 0.2) is 54.7 Å². The molecule has 2 aromatic carbocycles. The molecule has 0 spiro atoms. The summed E-state index contributed by atoms with van der Waals surface area (Å²) >= 11 is 0. The van der Waals surface area contributed by atoms with E-state index in [-0.39, 0.29) is 23.8 Å². The summed E-state index contributed by atoms with van der Waals surface area (Å²) in [6.07, 6.45) is 1.46. The topological polar surface area (TPSA) is 102 Å². The summed E-state index contributed by atoms with van der Waals surface area (Å²) in [5.74, 6) is -1.84. The molecule has 0 atom stereocenters. The van der Waals surface area contributed by atoms with E-state index >= 15 is 0 Å². The molecule has 0 saturated carbocycles. The molecule has 8 nitrogen and oxygen atoms in total. The van der Waals surface area contributed by atoms with Gasteiger partial charge in [-0.2, -0.15) is 5.10 Å². The smallest absolute Gasteiger partial charge is 0.325 e. The molecule has 3 rings (SSSR count). The van der Waals surface area contributed by atoms with Crippen LogP contribution in [0.3, 0.4) is 0 Å². The molecule has 2 amide bonds. The van der Waals surface area contributed by atoms with Crippen molar-refractivity contribution in [2.24, 2.45) is 0 Å². The lowest BCUT2D eigenvalue weighted by Gasteiger charge is -2.13. The van der Waals surface area contributed by atoms with E-state index < -0.39 is 17.8 Å². The molecule has 0 aliphatic carbocycles. The first-order valence-electron chi connectivity index (χ1n) is 9.90. The Morgan fingerprint density at radius 1 is 1.09 bits per heavy atom. The number of aromatic nitrogens is 2. The van der Waals surface area contributed by atoms with Crippen molar-refractivity contribution in [3.8, 4) is 5.69 Å². The van der Waals surface area contributed by atoms with Crippen LogP contribution in [0, 0.1) is 5.82 Å². The Labute approximate surface area is 184 Å². The number of nitrogens with one attached hydrogen (secondary N) is 2. The number of benzene rings is 2. The van der Waals surface area contributed by atoms with Crippen molar-refractivity contribution in [3.05, 3.63) is 77.4 Å². The molecule has 0 aliphatic heterocycles. The van der Waals surface area contributed by atoms with Crippen molar-refractivity contribution in [3.63, 3.8) is 0 Å². The number of rotatable bonds is 7. The first-order chi connectivity index (χ1) is 15.3. The third kappa shape index (κ3) is 5.18. The lowest BCUT2D eigenvalue weighted by Crippen LogP contribution is -2.30. The van der Waals surface area contributed by atoms with E-state index in [1.807, 2.05) is 13.8 Å². The fraction of sp³-hybridized carbons (Fsp3) is 0.217. The minimum absolute atomic E-state index is 0.0428. The van der Waals surface area contributed by atoms with Crippen LogP contribution in [0.1, 0.15) is 46.2 Å². The van der Waals surface area contributed by atoms with Gasteiger partial charge >= 0.3 is 5.97 Å². The predicted molar refractivity (Wildman–Crippen MR) is 116 cm³/mol. The summed E-state index contributed by atoms with van der Waals surface area (Å²) in [7, 11) is 1.23. The second kappa shape index (κ2) is 9.86. The minimum Gasteiger partial charge on any atom is -0.468 e. The van der Waals surface area contributed by atoms with Gasteiger partial charge in [0.05, 0.1) is 30.3 Å². The largest absolute Gasteiger partial charge is 0.468 e. The van der Waals surface area contributed by atoms with E-state index in [0.29, 0.717) is 22.6 Å². The Kier molecular flexibility index (Phi) is 6.99. The normalized spacial score (nSPS) is 10.7. The molecule has 0 bridgehead atoms. The molecule has 1 aromatic heterocycles. The Morgan fingerprint density at radius 3 is 2.47 bits per heavy atom. The Balaban J connectivity index is 1.81. The maximum absolute atomic E-state index is 13.3. The number of methoxy groups -OCH3 is 1. The fourth-order valence-electron chi connectivity index (χ4n) is 3.14. The van der Waals surface area contributed by atoms with Crippen LogP contribution >= 0.6 is 0 Å². The highest BCUT2D eigenvalue weighted by Crippen LogP contribution is 2.24. The number of hydrogen-bond acceptors (Lipinski definition) is 5. The van der Waals surface area contributed by atoms with Crippen molar-refractivity contribution in [2.75, 3.05) is 19.0 Å². The van der Waals surface area contributed by atoms with Crippen LogP contribution in [0.2, 0.25) is 0 Å². The van der Waals surface area contributed by atoms with Gasteiger partial charge in [0, 0.05) is 11.3 Å². The summed E-state index contributed by atoms with van der Waals surface area (Å²) in [6.45, 7) is 3.60. The number of hydrogen-bond donors (Lipinski definition) is 2. The Morgan fingerprint density at radius 2 is 1.81 bits per heavy atom. The third-order valence-corrected chi connectivity index (χ3v) is 4.67. The quantitative estimate of drug-likeness (QED) is 0.551. The van der Waals surface area contributed by atoms with Gasteiger partial charge in [0.25, 0.3) is 11.8 Å². The zero-order valence-corrected chi connectivity index (χ0v) is 17.9. The highest BCUT2D eigenvalue weighted by molar-refractivity contribution is 6.06. The molecule has 1 heterocycles. The highest BCUT2D eigenvalue weighted by atomic mass is 19.1. The van der Waals surface area contributed by atoms with Gasteiger partial charge in [-0.1, -0.05) is 19.9 Å². The Bertz CT molecular complexity index is 1140. The maximum atomic E-state index is 13.3. The van der Waals surface area contributed by atoms with Crippen LogP contribution in [-0.2, 0) is 9.53 Å². The number of carbonyl (C=O) groups excluding carboxylic acids is 3. The Hall–Kier alpha value is -4.01. The fourth-order valence-corrected chi connectivity index (χ4v) is 3.14. The zero-order valence-electron chi connectivity index (χ0n) is 17.9. The molecule has 0 saturated heterocycles. The number of carbonyl (C=O) groups is 3. The third-order valence-electron chi connectivity index (χ3n) is 4.67. The second-order valence-corrected chi connectivity index (χ2v) is 7.28. The van der Waals surface area contributed by atoms with Gasteiger partial charge < -0.3 is 15.4 Å². The molecule has 32 heavy (non-hydrogen) atoms. The number of nitrogens with zero attached hydrogens (tertiary/aromatic N) is 2. The van der Waals surface area contributed by atoms with Crippen LogP contribution in [0.25, 0.3) is 5.69 Å². The average molecular weight is 438 g/mol. The summed E-state index contributed by atoms with van der Waals surface area (Å²) in [4.78, 5) is 36.4. The molecule has 0 aliphatic rings. The van der Waals surface area contributed by atoms with Gasteiger partial charge in [-0.05, 0) is 48.4 Å². The zero-order chi connectivity index (χ0) is 23.3. The molecule has 0 radical (unpaired) electrons. The molecule has 3 aromatic rings. The van der Waals surface area contributed by atoms with Crippen molar-refractivity contribution in [2.45, 2.75) is 19.8 Å². The van der Waals surface area contributed by atoms with Gasteiger partial charge in [0.1, 0.15) is 12.4 Å². The van der Waals surface area contributed by atoms with E-state index in [0.717, 1.165) is 0 Å². The first kappa shape index (κ1) is 22.7. The summed E-state index contributed by atoms with van der Waals surface area (Å²) in [6, 6.07) is 12.2. The minimum atomic E-state index is -0.567. The molecule has 9 heteroatoms. The summed E-state index contributed by atoms with van der Waals surface area (Å²) in [5, 5.41) is 9.54. The standard InChI is InChI=1S/C23H23FN4O4/c1-14(2)21-19(12-26-28(21)18-9-7-16(24)8-10-18)23(31)27-17-6-4-5-15(11-17)22(30)25-13-20(29)32-3/h4-12,14H,13H2,1-3H3,(H,25,30)(H,27,31). The molecular formula is C23H23FN4O4. The van der Waals surface area contributed by atoms with Crippen molar-refractivity contribution in [1.82, 2.24) is 15.1 Å². The van der Waals surface area contributed by atoms with Gasteiger partial charge in [-0.25, -0.2) is 9.07 Å². The molecule has 166 valence electrons. The van der Waals surface area contributed by atoms with Crippen LogP contribution in [0.4, 0.5) is 10.1 Å². The van der Waals surface area contributed by atoms with E-state index in [1.54, 1.807) is 35.0 Å². The average Bonchev–Trinajstić information content (AvgIpc) is 3.23. The van der Waals surface area contributed by atoms with Gasteiger partial charge in [-0.15, -0.1) is 0 Å². The maximum Gasteiger partial charge on any atom is 0.325 e. The second-order valence-electron chi connectivity index (χ2n) is 7.28. The monoisotopic (exact) mass is 438 g/mol. The van der Waals surface area contributed by atoms with E-state index in [1.165, 1.54) is 31.5 Å². The first-order valence-corrected chi connectivity index (χ1v) is 9.90. The van der Waals surface area contributed by atoms with E-state index in [4.69, 9.17) is 0 Å². The number of halogens is 1.